The zero-order chi connectivity index (χ0) is 14.0. The summed E-state index contributed by atoms with van der Waals surface area (Å²) in [6.45, 7) is 0. The highest BCUT2D eigenvalue weighted by Crippen LogP contribution is 2.19. The van der Waals surface area contributed by atoms with E-state index in [0.29, 0.717) is 10.6 Å². The number of rotatable bonds is 3. The molecule has 0 saturated heterocycles. The fourth-order valence-corrected chi connectivity index (χ4v) is 2.76. The van der Waals surface area contributed by atoms with E-state index in [0.717, 1.165) is 0 Å². The van der Waals surface area contributed by atoms with Gasteiger partial charge in [0.25, 0.3) is 5.91 Å². The van der Waals surface area contributed by atoms with E-state index in [4.69, 9.17) is 5.14 Å². The zero-order valence-electron chi connectivity index (χ0n) is 10.1. The van der Waals surface area contributed by atoms with Crippen LogP contribution in [0, 0.1) is 0 Å². The molecule has 2 rings (SSSR count). The number of carbonyl (C=O) groups excluding carboxylic acids is 1. The predicted octanol–water partition coefficient (Wildman–Crippen LogP) is 1.67. The lowest BCUT2D eigenvalue weighted by atomic mass is 10.3. The minimum atomic E-state index is -3.71. The summed E-state index contributed by atoms with van der Waals surface area (Å²) in [5, 5.41) is 6.84. The van der Waals surface area contributed by atoms with Crippen LogP contribution in [0.3, 0.4) is 0 Å². The number of benzene rings is 1. The van der Waals surface area contributed by atoms with Crippen molar-refractivity contribution in [2.75, 3.05) is 11.9 Å². The molecule has 0 saturated carbocycles. The molecule has 0 bridgehead atoms. The molecule has 1 amide bonds. The summed E-state index contributed by atoms with van der Waals surface area (Å²) in [6, 6.07) is 9.39. The Labute approximate surface area is 115 Å². The number of amides is 1. The standard InChI is InChI=1S/C12H12N2O3S2/c1-14(12(15)11-3-2-8-18-11)9-4-6-10(7-5-9)19(13,16)17/h2-8H,1H3,(H2,13,16,17). The van der Waals surface area contributed by atoms with Crippen LogP contribution in [0.1, 0.15) is 9.67 Å². The van der Waals surface area contributed by atoms with E-state index < -0.39 is 10.0 Å². The molecule has 1 aromatic heterocycles. The van der Waals surface area contributed by atoms with Gasteiger partial charge in [-0.2, -0.15) is 0 Å². The number of nitrogens with two attached hydrogens (primary N) is 1. The fourth-order valence-electron chi connectivity index (χ4n) is 1.54. The van der Waals surface area contributed by atoms with Crippen LogP contribution >= 0.6 is 11.3 Å². The molecular formula is C12H12N2O3S2. The smallest absolute Gasteiger partial charge is 0.268 e. The molecule has 0 radical (unpaired) electrons. The number of nitrogens with zero attached hydrogens (tertiary/aromatic N) is 1. The maximum Gasteiger partial charge on any atom is 0.268 e. The van der Waals surface area contributed by atoms with E-state index >= 15 is 0 Å². The van der Waals surface area contributed by atoms with Gasteiger partial charge < -0.3 is 4.90 Å². The molecule has 0 unspecified atom stereocenters. The molecule has 0 aliphatic heterocycles. The van der Waals surface area contributed by atoms with E-state index in [1.165, 1.54) is 28.4 Å². The number of carbonyl (C=O) groups is 1. The fraction of sp³-hybridized carbons (Fsp3) is 0.0833. The molecule has 0 fully saturated rings. The Morgan fingerprint density at radius 2 is 1.84 bits per heavy atom. The van der Waals surface area contributed by atoms with Crippen molar-refractivity contribution in [3.8, 4) is 0 Å². The number of thiophene rings is 1. The second-order valence-electron chi connectivity index (χ2n) is 3.88. The predicted molar refractivity (Wildman–Crippen MR) is 74.9 cm³/mol. The van der Waals surface area contributed by atoms with Gasteiger partial charge in [0.05, 0.1) is 9.77 Å². The van der Waals surface area contributed by atoms with Crippen LogP contribution in [0.15, 0.2) is 46.7 Å². The summed E-state index contributed by atoms with van der Waals surface area (Å²) in [4.78, 5) is 14.2. The first-order chi connectivity index (χ1) is 8.89. The molecule has 2 N–H and O–H groups in total. The second-order valence-corrected chi connectivity index (χ2v) is 6.39. The highest BCUT2D eigenvalue weighted by atomic mass is 32.2. The van der Waals surface area contributed by atoms with E-state index in [-0.39, 0.29) is 10.8 Å². The third kappa shape index (κ3) is 3.01. The van der Waals surface area contributed by atoms with Crippen molar-refractivity contribution >= 4 is 33.0 Å². The van der Waals surface area contributed by atoms with Crippen molar-refractivity contribution in [1.29, 1.82) is 0 Å². The lowest BCUT2D eigenvalue weighted by molar-refractivity contribution is 0.0997. The summed E-state index contributed by atoms with van der Waals surface area (Å²) in [6.07, 6.45) is 0. The van der Waals surface area contributed by atoms with Gasteiger partial charge in [-0.25, -0.2) is 13.6 Å². The van der Waals surface area contributed by atoms with E-state index in [9.17, 15) is 13.2 Å². The van der Waals surface area contributed by atoms with E-state index in [2.05, 4.69) is 0 Å². The van der Waals surface area contributed by atoms with Crippen molar-refractivity contribution in [3.05, 3.63) is 46.7 Å². The third-order valence-electron chi connectivity index (χ3n) is 2.59. The number of hydrogen-bond donors (Lipinski definition) is 1. The van der Waals surface area contributed by atoms with Gasteiger partial charge in [-0.3, -0.25) is 4.79 Å². The van der Waals surface area contributed by atoms with E-state index in [1.54, 1.807) is 31.3 Å². The Hall–Kier alpha value is -1.70. The summed E-state index contributed by atoms with van der Waals surface area (Å²) >= 11 is 1.35. The highest BCUT2D eigenvalue weighted by Gasteiger charge is 2.15. The van der Waals surface area contributed by atoms with Crippen molar-refractivity contribution in [2.24, 2.45) is 5.14 Å². The molecule has 100 valence electrons. The number of primary sulfonamides is 1. The average molecular weight is 296 g/mol. The maximum atomic E-state index is 12.1. The average Bonchev–Trinajstić information content (AvgIpc) is 2.90. The first-order valence-corrected chi connectivity index (χ1v) is 7.76. The van der Waals surface area contributed by atoms with Crippen LogP contribution in [0.4, 0.5) is 5.69 Å². The Kier molecular flexibility index (Phi) is 3.70. The van der Waals surface area contributed by atoms with Crippen LogP contribution in [-0.2, 0) is 10.0 Å². The van der Waals surface area contributed by atoms with Gasteiger partial charge in [-0.05, 0) is 35.7 Å². The minimum absolute atomic E-state index is 0.0215. The van der Waals surface area contributed by atoms with Crippen molar-refractivity contribution in [2.45, 2.75) is 4.90 Å². The van der Waals surface area contributed by atoms with Gasteiger partial charge in [0.2, 0.25) is 10.0 Å². The summed E-state index contributed by atoms with van der Waals surface area (Å²) in [7, 11) is -2.08. The molecule has 1 aromatic carbocycles. The number of anilines is 1. The molecule has 0 atom stereocenters. The third-order valence-corrected chi connectivity index (χ3v) is 4.38. The monoisotopic (exact) mass is 296 g/mol. The van der Waals surface area contributed by atoms with Crippen molar-refractivity contribution in [3.63, 3.8) is 0 Å². The minimum Gasteiger partial charge on any atom is -0.311 e. The summed E-state index contributed by atoms with van der Waals surface area (Å²) < 4.78 is 22.3. The zero-order valence-corrected chi connectivity index (χ0v) is 11.7. The first kappa shape index (κ1) is 13.7. The van der Waals surface area contributed by atoms with Crippen molar-refractivity contribution < 1.29 is 13.2 Å². The molecular weight excluding hydrogens is 284 g/mol. The molecule has 1 heterocycles. The molecule has 5 nitrogen and oxygen atoms in total. The molecule has 0 aliphatic rings. The first-order valence-electron chi connectivity index (χ1n) is 5.34. The lowest BCUT2D eigenvalue weighted by Crippen LogP contribution is -2.25. The van der Waals surface area contributed by atoms with Gasteiger partial charge in [-0.1, -0.05) is 6.07 Å². The number of sulfonamides is 1. The normalized spacial score (nSPS) is 11.3. The Bertz CT molecular complexity index is 676. The van der Waals surface area contributed by atoms with Gasteiger partial charge in [0, 0.05) is 12.7 Å². The van der Waals surface area contributed by atoms with Crippen LogP contribution in [-0.4, -0.2) is 21.4 Å². The molecule has 0 aliphatic carbocycles. The Balaban J connectivity index is 2.25. The molecule has 19 heavy (non-hydrogen) atoms. The van der Waals surface area contributed by atoms with Crippen LogP contribution < -0.4 is 10.0 Å². The van der Waals surface area contributed by atoms with E-state index in [1.807, 2.05) is 5.38 Å². The SMILES string of the molecule is CN(C(=O)c1cccs1)c1ccc(S(N)(=O)=O)cc1. The van der Waals surface area contributed by atoms with Crippen LogP contribution in [0.5, 0.6) is 0 Å². The van der Waals surface area contributed by atoms with Gasteiger partial charge in [0.15, 0.2) is 0 Å². The summed E-state index contributed by atoms with van der Waals surface area (Å²) in [5.41, 5.74) is 0.603. The molecule has 0 spiro atoms. The maximum absolute atomic E-state index is 12.1. The highest BCUT2D eigenvalue weighted by molar-refractivity contribution is 7.89. The Morgan fingerprint density at radius 1 is 1.21 bits per heavy atom. The van der Waals surface area contributed by atoms with Crippen LogP contribution in [0.25, 0.3) is 0 Å². The molecule has 7 heteroatoms. The second kappa shape index (κ2) is 5.12. The van der Waals surface area contributed by atoms with Gasteiger partial charge in [-0.15, -0.1) is 11.3 Å². The van der Waals surface area contributed by atoms with Crippen LogP contribution in [0.2, 0.25) is 0 Å². The van der Waals surface area contributed by atoms with Gasteiger partial charge >= 0.3 is 0 Å². The Morgan fingerprint density at radius 3 is 2.32 bits per heavy atom. The largest absolute Gasteiger partial charge is 0.311 e. The number of hydrogen-bond acceptors (Lipinski definition) is 4. The quantitative estimate of drug-likeness (QED) is 0.935. The topological polar surface area (TPSA) is 80.5 Å². The molecule has 2 aromatic rings. The summed E-state index contributed by atoms with van der Waals surface area (Å²) in [5.74, 6) is -0.140. The lowest BCUT2D eigenvalue weighted by Gasteiger charge is -2.16. The van der Waals surface area contributed by atoms with Gasteiger partial charge in [0.1, 0.15) is 0 Å². The van der Waals surface area contributed by atoms with Crippen molar-refractivity contribution in [1.82, 2.24) is 0 Å².